The number of aromatic nitrogens is 1. The molecule has 134 valence electrons. The summed E-state index contributed by atoms with van der Waals surface area (Å²) >= 11 is 0. The predicted molar refractivity (Wildman–Crippen MR) is 90.1 cm³/mol. The van der Waals surface area contributed by atoms with E-state index in [9.17, 15) is 22.8 Å². The number of aryl methyl sites for hydroxylation is 1. The highest BCUT2D eigenvalue weighted by Crippen LogP contribution is 2.31. The van der Waals surface area contributed by atoms with Gasteiger partial charge in [-0.1, -0.05) is 30.3 Å². The molecular formula is C19H14F3NO3. The molecule has 1 heterocycles. The minimum absolute atomic E-state index is 0.109. The van der Waals surface area contributed by atoms with Gasteiger partial charge in [0, 0.05) is 24.1 Å². The monoisotopic (exact) mass is 361 g/mol. The number of carbonyl (C=O) groups excluding carboxylic acids is 1. The molecule has 0 atom stereocenters. The van der Waals surface area contributed by atoms with Crippen LogP contribution in [0.5, 0.6) is 0 Å². The molecule has 3 aromatic rings. The third kappa shape index (κ3) is 3.33. The van der Waals surface area contributed by atoms with Crippen LogP contribution in [0.25, 0.3) is 22.0 Å². The molecule has 0 fully saturated rings. The highest BCUT2D eigenvalue weighted by molar-refractivity contribution is 6.11. The van der Waals surface area contributed by atoms with Crippen molar-refractivity contribution in [1.29, 1.82) is 0 Å². The first kappa shape index (κ1) is 17.7. The van der Waals surface area contributed by atoms with Gasteiger partial charge in [-0.3, -0.25) is 9.59 Å². The zero-order valence-corrected chi connectivity index (χ0v) is 13.7. The molecule has 3 rings (SSSR count). The van der Waals surface area contributed by atoms with Crippen LogP contribution in [0.1, 0.15) is 15.9 Å². The fourth-order valence-electron chi connectivity index (χ4n) is 2.89. The first-order valence-electron chi connectivity index (χ1n) is 7.68. The maximum Gasteiger partial charge on any atom is 0.454 e. The Hall–Kier alpha value is -3.09. The Labute approximate surface area is 146 Å². The SMILES string of the molecule is Cn1cc(C(=O)C(F)(F)F)c2cc(-c3ccc(CC(=O)O)cc3)ccc21. The molecule has 0 saturated heterocycles. The molecular weight excluding hydrogens is 347 g/mol. The molecule has 0 spiro atoms. The van der Waals surface area contributed by atoms with Crippen molar-refractivity contribution < 1.29 is 27.9 Å². The van der Waals surface area contributed by atoms with E-state index in [0.29, 0.717) is 16.6 Å². The van der Waals surface area contributed by atoms with Crippen LogP contribution in [0.2, 0.25) is 0 Å². The lowest BCUT2D eigenvalue weighted by molar-refractivity contribution is -0.136. The normalized spacial score (nSPS) is 11.7. The van der Waals surface area contributed by atoms with E-state index in [1.54, 1.807) is 49.5 Å². The lowest BCUT2D eigenvalue weighted by Crippen LogP contribution is -2.22. The Morgan fingerprint density at radius 2 is 1.65 bits per heavy atom. The molecule has 0 bridgehead atoms. The molecule has 1 N–H and O–H groups in total. The number of benzene rings is 2. The number of nitrogens with zero attached hydrogens (tertiary/aromatic N) is 1. The van der Waals surface area contributed by atoms with Crippen LogP contribution in [-0.4, -0.2) is 27.6 Å². The largest absolute Gasteiger partial charge is 0.481 e. The van der Waals surface area contributed by atoms with Crippen molar-refractivity contribution in [3.63, 3.8) is 0 Å². The number of aliphatic carboxylic acids is 1. The molecule has 0 aliphatic rings. The van der Waals surface area contributed by atoms with Crippen LogP contribution in [0.3, 0.4) is 0 Å². The first-order chi connectivity index (χ1) is 12.2. The highest BCUT2D eigenvalue weighted by atomic mass is 19.4. The molecule has 0 radical (unpaired) electrons. The second kappa shape index (κ2) is 6.33. The van der Waals surface area contributed by atoms with E-state index in [4.69, 9.17) is 5.11 Å². The molecule has 7 heteroatoms. The van der Waals surface area contributed by atoms with E-state index in [1.165, 1.54) is 10.8 Å². The Bertz CT molecular complexity index is 1000. The van der Waals surface area contributed by atoms with Gasteiger partial charge >= 0.3 is 12.1 Å². The summed E-state index contributed by atoms with van der Waals surface area (Å²) in [6.07, 6.45) is -3.87. The van der Waals surface area contributed by atoms with Gasteiger partial charge in [-0.15, -0.1) is 0 Å². The third-order valence-corrected chi connectivity index (χ3v) is 4.13. The Morgan fingerprint density at radius 3 is 2.23 bits per heavy atom. The molecule has 2 aromatic carbocycles. The van der Waals surface area contributed by atoms with Crippen molar-refractivity contribution in [1.82, 2.24) is 4.57 Å². The lowest BCUT2D eigenvalue weighted by atomic mass is 10.00. The summed E-state index contributed by atoms with van der Waals surface area (Å²) in [6, 6.07) is 11.7. The zero-order chi connectivity index (χ0) is 19.1. The number of rotatable bonds is 4. The molecule has 26 heavy (non-hydrogen) atoms. The van der Waals surface area contributed by atoms with Gasteiger partial charge in [-0.2, -0.15) is 13.2 Å². The van der Waals surface area contributed by atoms with Crippen LogP contribution < -0.4 is 0 Å². The smallest absolute Gasteiger partial charge is 0.454 e. The Kier molecular flexibility index (Phi) is 4.31. The number of carboxylic acids is 1. The summed E-state index contributed by atoms with van der Waals surface area (Å²) in [7, 11) is 1.58. The zero-order valence-electron chi connectivity index (χ0n) is 13.7. The average Bonchev–Trinajstić information content (AvgIpc) is 2.89. The maximum atomic E-state index is 12.8. The van der Waals surface area contributed by atoms with E-state index in [0.717, 1.165) is 5.56 Å². The minimum atomic E-state index is -4.94. The second-order valence-corrected chi connectivity index (χ2v) is 5.98. The van der Waals surface area contributed by atoms with Crippen LogP contribution in [-0.2, 0) is 18.3 Å². The van der Waals surface area contributed by atoms with Gasteiger partial charge in [-0.25, -0.2) is 0 Å². The van der Waals surface area contributed by atoms with Crippen molar-refractivity contribution in [3.05, 3.63) is 59.8 Å². The number of hydrogen-bond donors (Lipinski definition) is 1. The standard InChI is InChI=1S/C19H14F3NO3/c1-23-10-15(18(26)19(20,21)22)14-9-13(6-7-16(14)23)12-4-2-11(3-5-12)8-17(24)25/h2-7,9-10H,8H2,1H3,(H,24,25). The Balaban J connectivity index is 2.06. The molecule has 0 aliphatic carbocycles. The van der Waals surface area contributed by atoms with Crippen LogP contribution >= 0.6 is 0 Å². The number of hydrogen-bond acceptors (Lipinski definition) is 2. The first-order valence-corrected chi connectivity index (χ1v) is 7.68. The molecule has 0 aliphatic heterocycles. The summed E-state index contributed by atoms with van der Waals surface area (Å²) in [5, 5.41) is 9.02. The third-order valence-electron chi connectivity index (χ3n) is 4.13. The van der Waals surface area contributed by atoms with Gasteiger partial charge in [-0.05, 0) is 28.8 Å². The second-order valence-electron chi connectivity index (χ2n) is 5.98. The van der Waals surface area contributed by atoms with Gasteiger partial charge in [0.1, 0.15) is 0 Å². The number of Topliss-reactive ketones (excluding diaryl/α,β-unsaturated/α-hetero) is 1. The average molecular weight is 361 g/mol. The van der Waals surface area contributed by atoms with Crippen LogP contribution in [0.15, 0.2) is 48.7 Å². The van der Waals surface area contributed by atoms with E-state index < -0.39 is 17.9 Å². The topological polar surface area (TPSA) is 59.3 Å². The molecule has 4 nitrogen and oxygen atoms in total. The minimum Gasteiger partial charge on any atom is -0.481 e. The fraction of sp³-hybridized carbons (Fsp3) is 0.158. The lowest BCUT2D eigenvalue weighted by Gasteiger charge is -2.06. The van der Waals surface area contributed by atoms with Crippen LogP contribution in [0, 0.1) is 0 Å². The number of alkyl halides is 3. The fourth-order valence-corrected chi connectivity index (χ4v) is 2.89. The molecule has 0 amide bonds. The van der Waals surface area contributed by atoms with E-state index in [1.807, 2.05) is 0 Å². The van der Waals surface area contributed by atoms with Gasteiger partial charge in [0.25, 0.3) is 5.78 Å². The van der Waals surface area contributed by atoms with E-state index in [2.05, 4.69) is 0 Å². The summed E-state index contributed by atoms with van der Waals surface area (Å²) in [5.41, 5.74) is 2.11. The summed E-state index contributed by atoms with van der Waals surface area (Å²) < 4.78 is 40.0. The molecule has 1 aromatic heterocycles. The molecule has 0 unspecified atom stereocenters. The van der Waals surface area contributed by atoms with Gasteiger partial charge in [0.05, 0.1) is 12.0 Å². The summed E-state index contributed by atoms with van der Waals surface area (Å²) in [6.45, 7) is 0. The van der Waals surface area contributed by atoms with E-state index >= 15 is 0 Å². The number of carbonyl (C=O) groups is 2. The van der Waals surface area contributed by atoms with E-state index in [-0.39, 0.29) is 17.4 Å². The van der Waals surface area contributed by atoms with Crippen molar-refractivity contribution in [2.75, 3.05) is 0 Å². The predicted octanol–water partition coefficient (Wildman–Crippen LogP) is 4.22. The number of fused-ring (bicyclic) bond motifs is 1. The van der Waals surface area contributed by atoms with Crippen molar-refractivity contribution >= 4 is 22.7 Å². The van der Waals surface area contributed by atoms with Gasteiger partial charge in [0.2, 0.25) is 0 Å². The van der Waals surface area contributed by atoms with Gasteiger partial charge in [0.15, 0.2) is 0 Å². The molecule has 0 saturated carbocycles. The highest BCUT2D eigenvalue weighted by Gasteiger charge is 2.40. The number of halogens is 3. The summed E-state index contributed by atoms with van der Waals surface area (Å²) in [4.78, 5) is 22.4. The quantitative estimate of drug-likeness (QED) is 0.708. The van der Waals surface area contributed by atoms with Crippen molar-refractivity contribution in [3.8, 4) is 11.1 Å². The van der Waals surface area contributed by atoms with Crippen LogP contribution in [0.4, 0.5) is 13.2 Å². The van der Waals surface area contributed by atoms with Gasteiger partial charge < -0.3 is 9.67 Å². The number of carboxylic acid groups (broad SMARTS) is 1. The maximum absolute atomic E-state index is 12.8. The van der Waals surface area contributed by atoms with Crippen molar-refractivity contribution in [2.24, 2.45) is 7.05 Å². The Morgan fingerprint density at radius 1 is 1.04 bits per heavy atom. The number of ketones is 1. The summed E-state index contributed by atoms with van der Waals surface area (Å²) in [5.74, 6) is -2.82. The van der Waals surface area contributed by atoms with Crippen molar-refractivity contribution in [2.45, 2.75) is 12.6 Å².